The number of hydrogen-bond donors (Lipinski definition) is 1. The highest BCUT2D eigenvalue weighted by atomic mass is 19.1. The van der Waals surface area contributed by atoms with Crippen LogP contribution in [0.25, 0.3) is 0 Å². The summed E-state index contributed by atoms with van der Waals surface area (Å²) < 4.78 is 25.0. The molecule has 2 atom stereocenters. The molecule has 0 amide bonds. The summed E-state index contributed by atoms with van der Waals surface area (Å²) in [6.07, 6.45) is 0. The highest BCUT2D eigenvalue weighted by Gasteiger charge is 2.39. The number of nitrogens with zero attached hydrogens (tertiary/aromatic N) is 1. The van der Waals surface area contributed by atoms with Gasteiger partial charge in [-0.15, -0.1) is 0 Å². The molecule has 2 aliphatic rings. The van der Waals surface area contributed by atoms with Crippen molar-refractivity contribution in [2.24, 2.45) is 5.92 Å². The lowest BCUT2D eigenvalue weighted by atomic mass is 9.89. The Morgan fingerprint density at radius 2 is 2.04 bits per heavy atom. The summed E-state index contributed by atoms with van der Waals surface area (Å²) in [5.41, 5.74) is 2.11. The van der Waals surface area contributed by atoms with Gasteiger partial charge in [-0.2, -0.15) is 0 Å². The highest BCUT2D eigenvalue weighted by Crippen LogP contribution is 2.39. The molecule has 2 aromatic rings. The number of benzene rings is 2. The lowest BCUT2D eigenvalue weighted by Gasteiger charge is -2.17. The number of aliphatic carboxylic acids is 1. The summed E-state index contributed by atoms with van der Waals surface area (Å²) in [7, 11) is 0. The third-order valence-electron chi connectivity index (χ3n) is 5.20. The zero-order valence-electron chi connectivity index (χ0n) is 14.4. The van der Waals surface area contributed by atoms with Crippen LogP contribution < -0.4 is 9.47 Å². The molecule has 0 unspecified atom stereocenters. The minimum atomic E-state index is -0.833. The topological polar surface area (TPSA) is 59.0 Å². The van der Waals surface area contributed by atoms with Gasteiger partial charge in [0, 0.05) is 31.1 Å². The molecule has 26 heavy (non-hydrogen) atoms. The van der Waals surface area contributed by atoms with Gasteiger partial charge >= 0.3 is 5.97 Å². The predicted octanol–water partition coefficient (Wildman–Crippen LogP) is 3.16. The number of ether oxygens (including phenoxy) is 2. The van der Waals surface area contributed by atoms with E-state index >= 15 is 0 Å². The number of hydrogen-bond acceptors (Lipinski definition) is 4. The van der Waals surface area contributed by atoms with Crippen molar-refractivity contribution in [2.75, 3.05) is 19.9 Å². The average molecular weight is 357 g/mol. The Balaban J connectivity index is 1.57. The fraction of sp³-hybridized carbons (Fsp3) is 0.350. The lowest BCUT2D eigenvalue weighted by molar-refractivity contribution is -0.141. The van der Waals surface area contributed by atoms with E-state index in [2.05, 4.69) is 0 Å². The van der Waals surface area contributed by atoms with Crippen LogP contribution in [0.3, 0.4) is 0 Å². The summed E-state index contributed by atoms with van der Waals surface area (Å²) in [5.74, 6) is -0.434. The van der Waals surface area contributed by atoms with Crippen molar-refractivity contribution in [1.29, 1.82) is 0 Å². The molecule has 1 saturated heterocycles. The summed E-state index contributed by atoms with van der Waals surface area (Å²) in [5, 5.41) is 9.66. The molecule has 1 fully saturated rings. The molecule has 6 heteroatoms. The highest BCUT2D eigenvalue weighted by molar-refractivity contribution is 5.72. The van der Waals surface area contributed by atoms with Gasteiger partial charge in [-0.25, -0.2) is 4.39 Å². The van der Waals surface area contributed by atoms with Crippen LogP contribution in [0.2, 0.25) is 0 Å². The van der Waals surface area contributed by atoms with E-state index in [9.17, 15) is 14.3 Å². The lowest BCUT2D eigenvalue weighted by Crippen LogP contribution is -2.23. The predicted molar refractivity (Wildman–Crippen MR) is 92.8 cm³/mol. The standard InChI is InChI=1S/C20H20FNO4/c1-12-3-2-4-14(19(12)21)8-22-9-15(16(10-22)20(23)24)13-5-6-17-18(7-13)26-11-25-17/h2-7,15-16H,8-11H2,1H3,(H,23,24)/t15-,16+/m0/s1. The van der Waals surface area contributed by atoms with Gasteiger partial charge in [0.25, 0.3) is 0 Å². The zero-order chi connectivity index (χ0) is 18.3. The first-order valence-electron chi connectivity index (χ1n) is 8.61. The van der Waals surface area contributed by atoms with Crippen LogP contribution in [-0.4, -0.2) is 35.9 Å². The molecule has 0 aromatic heterocycles. The van der Waals surface area contributed by atoms with Gasteiger partial charge in [0.15, 0.2) is 11.5 Å². The maximum atomic E-state index is 14.3. The van der Waals surface area contributed by atoms with E-state index in [0.29, 0.717) is 42.3 Å². The molecule has 5 nitrogen and oxygen atoms in total. The van der Waals surface area contributed by atoms with Crippen molar-refractivity contribution < 1.29 is 23.8 Å². The van der Waals surface area contributed by atoms with Crippen LogP contribution in [0.4, 0.5) is 4.39 Å². The van der Waals surface area contributed by atoms with Crippen LogP contribution in [-0.2, 0) is 11.3 Å². The minimum absolute atomic E-state index is 0.171. The molecule has 2 aliphatic heterocycles. The molecule has 2 heterocycles. The molecule has 0 spiro atoms. The number of halogens is 1. The van der Waals surface area contributed by atoms with E-state index in [0.717, 1.165) is 5.56 Å². The van der Waals surface area contributed by atoms with Crippen molar-refractivity contribution in [3.05, 3.63) is 58.9 Å². The van der Waals surface area contributed by atoms with Crippen LogP contribution in [0.15, 0.2) is 36.4 Å². The van der Waals surface area contributed by atoms with E-state index in [1.54, 1.807) is 19.1 Å². The van der Waals surface area contributed by atoms with E-state index in [1.807, 2.05) is 29.2 Å². The Bertz CT molecular complexity index is 854. The van der Waals surface area contributed by atoms with Crippen LogP contribution in [0.5, 0.6) is 11.5 Å². The van der Waals surface area contributed by atoms with E-state index in [4.69, 9.17) is 9.47 Å². The summed E-state index contributed by atoms with van der Waals surface area (Å²) in [6.45, 7) is 3.27. The molecule has 1 N–H and O–H groups in total. The molecule has 2 aromatic carbocycles. The van der Waals surface area contributed by atoms with Gasteiger partial charge in [0.2, 0.25) is 6.79 Å². The fourth-order valence-corrected chi connectivity index (χ4v) is 3.82. The Morgan fingerprint density at radius 1 is 1.23 bits per heavy atom. The summed E-state index contributed by atoms with van der Waals surface area (Å²) in [6, 6.07) is 10.9. The molecule has 4 rings (SSSR count). The Kier molecular flexibility index (Phi) is 4.28. The Hall–Kier alpha value is -2.60. The largest absolute Gasteiger partial charge is 0.481 e. The van der Waals surface area contributed by atoms with Gasteiger partial charge in [-0.3, -0.25) is 9.69 Å². The maximum absolute atomic E-state index is 14.3. The van der Waals surface area contributed by atoms with Gasteiger partial charge in [0.1, 0.15) is 5.82 Å². The number of rotatable bonds is 4. The molecular formula is C20H20FNO4. The second-order valence-corrected chi connectivity index (χ2v) is 6.91. The first-order chi connectivity index (χ1) is 12.5. The zero-order valence-corrected chi connectivity index (χ0v) is 14.4. The van der Waals surface area contributed by atoms with Crippen LogP contribution >= 0.6 is 0 Å². The molecule has 0 aliphatic carbocycles. The monoisotopic (exact) mass is 357 g/mol. The molecule has 0 bridgehead atoms. The number of carboxylic acid groups (broad SMARTS) is 1. The number of carbonyl (C=O) groups is 1. The number of fused-ring (bicyclic) bond motifs is 1. The van der Waals surface area contributed by atoms with E-state index < -0.39 is 11.9 Å². The van der Waals surface area contributed by atoms with Gasteiger partial charge in [-0.05, 0) is 30.2 Å². The van der Waals surface area contributed by atoms with Gasteiger partial charge in [-0.1, -0.05) is 24.3 Å². The Morgan fingerprint density at radius 3 is 2.85 bits per heavy atom. The van der Waals surface area contributed by atoms with Gasteiger partial charge < -0.3 is 14.6 Å². The van der Waals surface area contributed by atoms with Gasteiger partial charge in [0.05, 0.1) is 5.92 Å². The van der Waals surface area contributed by atoms with E-state index in [-0.39, 0.29) is 18.5 Å². The van der Waals surface area contributed by atoms with Crippen molar-refractivity contribution in [3.63, 3.8) is 0 Å². The third-order valence-corrected chi connectivity index (χ3v) is 5.20. The summed E-state index contributed by atoms with van der Waals surface area (Å²) >= 11 is 0. The fourth-order valence-electron chi connectivity index (χ4n) is 3.82. The molecule has 136 valence electrons. The number of likely N-dealkylation sites (tertiary alicyclic amines) is 1. The normalized spacial score (nSPS) is 21.9. The average Bonchev–Trinajstić information content (AvgIpc) is 3.25. The maximum Gasteiger partial charge on any atom is 0.308 e. The molecular weight excluding hydrogens is 337 g/mol. The second kappa shape index (κ2) is 6.61. The minimum Gasteiger partial charge on any atom is -0.481 e. The first-order valence-corrected chi connectivity index (χ1v) is 8.61. The van der Waals surface area contributed by atoms with Crippen molar-refractivity contribution in [2.45, 2.75) is 19.4 Å². The quantitative estimate of drug-likeness (QED) is 0.911. The molecule has 0 radical (unpaired) electrons. The third kappa shape index (κ3) is 3.01. The molecule has 0 saturated carbocycles. The van der Waals surface area contributed by atoms with Crippen molar-refractivity contribution in [3.8, 4) is 11.5 Å². The number of aryl methyl sites for hydroxylation is 1. The van der Waals surface area contributed by atoms with Crippen LogP contribution in [0, 0.1) is 18.7 Å². The van der Waals surface area contributed by atoms with E-state index in [1.165, 1.54) is 0 Å². The Labute approximate surface area is 151 Å². The number of carboxylic acids is 1. The smallest absolute Gasteiger partial charge is 0.308 e. The van der Waals surface area contributed by atoms with Crippen molar-refractivity contribution >= 4 is 5.97 Å². The van der Waals surface area contributed by atoms with Crippen LogP contribution in [0.1, 0.15) is 22.6 Å². The SMILES string of the molecule is Cc1cccc(CN2C[C@@H](C(=O)O)[C@H](c3ccc4c(c3)OCO4)C2)c1F. The summed E-state index contributed by atoms with van der Waals surface area (Å²) in [4.78, 5) is 13.8. The second-order valence-electron chi connectivity index (χ2n) is 6.91. The first kappa shape index (κ1) is 16.8. The van der Waals surface area contributed by atoms with Crippen molar-refractivity contribution in [1.82, 2.24) is 4.90 Å².